The van der Waals surface area contributed by atoms with Crippen LogP contribution >= 0.6 is 23.1 Å². The number of aromatic nitrogens is 2. The van der Waals surface area contributed by atoms with Gasteiger partial charge in [0.05, 0.1) is 17.0 Å². The Balaban J connectivity index is 1.96. The van der Waals surface area contributed by atoms with Gasteiger partial charge in [0, 0.05) is 6.92 Å². The first-order valence-corrected chi connectivity index (χ1v) is 8.51. The van der Waals surface area contributed by atoms with Crippen molar-refractivity contribution >= 4 is 45.7 Å². The standard InChI is InChI=1S/C13H12F3N5O2S2/c1-7(22)18-19-10(23)6-24-12-21-20-11(25-12)17-9-5-3-2-4-8(9)13(14,15)16/h2-5H,6H2,1H3,(H,17,20)(H,18,22)(H,19,23). The fourth-order valence-electron chi connectivity index (χ4n) is 1.59. The molecule has 0 aliphatic heterocycles. The maximum atomic E-state index is 12.9. The Morgan fingerprint density at radius 3 is 2.60 bits per heavy atom. The Morgan fingerprint density at radius 2 is 1.92 bits per heavy atom. The second-order valence-corrected chi connectivity index (χ2v) is 6.76. The average molecular weight is 391 g/mol. The SMILES string of the molecule is CC(=O)NNC(=O)CSc1nnc(Nc2ccccc2C(F)(F)F)s1. The lowest BCUT2D eigenvalue weighted by molar-refractivity contribution is -0.137. The molecular weight excluding hydrogens is 379 g/mol. The maximum Gasteiger partial charge on any atom is 0.418 e. The molecule has 12 heteroatoms. The van der Waals surface area contributed by atoms with Crippen molar-refractivity contribution in [2.45, 2.75) is 17.4 Å². The molecule has 0 aliphatic carbocycles. The van der Waals surface area contributed by atoms with E-state index in [2.05, 4.69) is 26.4 Å². The van der Waals surface area contributed by atoms with Gasteiger partial charge >= 0.3 is 6.18 Å². The molecule has 1 aromatic carbocycles. The number of halogens is 3. The number of nitrogens with one attached hydrogen (secondary N) is 3. The zero-order chi connectivity index (χ0) is 18.4. The Labute approximate surface area is 148 Å². The van der Waals surface area contributed by atoms with E-state index >= 15 is 0 Å². The lowest BCUT2D eigenvalue weighted by Gasteiger charge is -2.12. The average Bonchev–Trinajstić information content (AvgIpc) is 2.98. The number of hydrogen-bond donors (Lipinski definition) is 3. The number of hydrazine groups is 1. The number of nitrogens with zero attached hydrogens (tertiary/aromatic N) is 2. The van der Waals surface area contributed by atoms with Gasteiger partial charge in [0.15, 0.2) is 4.34 Å². The first-order valence-electron chi connectivity index (χ1n) is 6.70. The van der Waals surface area contributed by atoms with Crippen molar-refractivity contribution in [1.82, 2.24) is 21.0 Å². The molecule has 0 saturated heterocycles. The molecule has 25 heavy (non-hydrogen) atoms. The van der Waals surface area contributed by atoms with Crippen molar-refractivity contribution in [3.63, 3.8) is 0 Å². The topological polar surface area (TPSA) is 96.0 Å². The van der Waals surface area contributed by atoms with Crippen molar-refractivity contribution in [3.05, 3.63) is 29.8 Å². The number of benzene rings is 1. The molecule has 0 unspecified atom stereocenters. The van der Waals surface area contributed by atoms with Crippen LogP contribution in [0.1, 0.15) is 12.5 Å². The number of thioether (sulfide) groups is 1. The van der Waals surface area contributed by atoms with Crippen LogP contribution in [0, 0.1) is 0 Å². The van der Waals surface area contributed by atoms with Crippen molar-refractivity contribution < 1.29 is 22.8 Å². The largest absolute Gasteiger partial charge is 0.418 e. The molecule has 0 fully saturated rings. The van der Waals surface area contributed by atoms with Gasteiger partial charge in [0.25, 0.3) is 0 Å². The van der Waals surface area contributed by atoms with E-state index in [0.717, 1.165) is 29.2 Å². The molecule has 0 radical (unpaired) electrons. The number of carbonyl (C=O) groups is 2. The predicted molar refractivity (Wildman–Crippen MR) is 87.3 cm³/mol. The van der Waals surface area contributed by atoms with Crippen molar-refractivity contribution in [3.8, 4) is 0 Å². The lowest BCUT2D eigenvalue weighted by Crippen LogP contribution is -2.41. The molecule has 0 atom stereocenters. The van der Waals surface area contributed by atoms with Crippen molar-refractivity contribution in [2.24, 2.45) is 0 Å². The third-order valence-electron chi connectivity index (χ3n) is 2.59. The monoisotopic (exact) mass is 391 g/mol. The summed E-state index contributed by atoms with van der Waals surface area (Å²) >= 11 is 2.05. The molecule has 2 rings (SSSR count). The van der Waals surface area contributed by atoms with E-state index in [1.807, 2.05) is 0 Å². The highest BCUT2D eigenvalue weighted by atomic mass is 32.2. The summed E-state index contributed by atoms with van der Waals surface area (Å²) in [4.78, 5) is 22.1. The van der Waals surface area contributed by atoms with Crippen LogP contribution in [0.4, 0.5) is 24.0 Å². The van der Waals surface area contributed by atoms with Gasteiger partial charge in [-0.05, 0) is 12.1 Å². The van der Waals surface area contributed by atoms with Gasteiger partial charge < -0.3 is 5.32 Å². The minimum absolute atomic E-state index is 0.0337. The van der Waals surface area contributed by atoms with Crippen LogP contribution in [0.25, 0.3) is 0 Å². The summed E-state index contributed by atoms with van der Waals surface area (Å²) in [7, 11) is 0. The van der Waals surface area contributed by atoms with Gasteiger partial charge in [0.1, 0.15) is 0 Å². The van der Waals surface area contributed by atoms with Crippen LogP contribution in [-0.4, -0.2) is 27.8 Å². The van der Waals surface area contributed by atoms with E-state index in [1.54, 1.807) is 0 Å². The Hall–Kier alpha value is -2.34. The second kappa shape index (κ2) is 8.16. The van der Waals surface area contributed by atoms with Crippen LogP contribution in [0.2, 0.25) is 0 Å². The van der Waals surface area contributed by atoms with Gasteiger partial charge in [-0.1, -0.05) is 35.2 Å². The third-order valence-corrected chi connectivity index (χ3v) is 4.56. The molecule has 1 aromatic heterocycles. The molecule has 0 bridgehead atoms. The fraction of sp³-hybridized carbons (Fsp3) is 0.231. The van der Waals surface area contributed by atoms with Gasteiger partial charge in [0.2, 0.25) is 16.9 Å². The van der Waals surface area contributed by atoms with Crippen LogP contribution < -0.4 is 16.2 Å². The molecule has 3 N–H and O–H groups in total. The molecule has 0 spiro atoms. The van der Waals surface area contributed by atoms with Crippen molar-refractivity contribution in [2.75, 3.05) is 11.1 Å². The molecule has 134 valence electrons. The predicted octanol–water partition coefficient (Wildman–Crippen LogP) is 2.56. The lowest BCUT2D eigenvalue weighted by atomic mass is 10.2. The first kappa shape index (κ1) is 19.0. The number of carbonyl (C=O) groups excluding carboxylic acids is 2. The van der Waals surface area contributed by atoms with E-state index in [0.29, 0.717) is 4.34 Å². The van der Waals surface area contributed by atoms with Crippen LogP contribution in [0.3, 0.4) is 0 Å². The normalized spacial score (nSPS) is 11.0. The summed E-state index contributed by atoms with van der Waals surface area (Å²) in [6.45, 7) is 1.24. The number of alkyl halides is 3. The molecular formula is C13H12F3N5O2S2. The molecule has 0 aliphatic rings. The van der Waals surface area contributed by atoms with Gasteiger partial charge in [-0.25, -0.2) is 0 Å². The number of rotatable bonds is 5. The van der Waals surface area contributed by atoms with Gasteiger partial charge in [-0.2, -0.15) is 13.2 Å². The highest BCUT2D eigenvalue weighted by molar-refractivity contribution is 8.01. The van der Waals surface area contributed by atoms with E-state index in [4.69, 9.17) is 0 Å². The summed E-state index contributed by atoms with van der Waals surface area (Å²) in [6.07, 6.45) is -4.49. The zero-order valence-corrected chi connectivity index (χ0v) is 14.3. The van der Waals surface area contributed by atoms with Crippen molar-refractivity contribution in [1.29, 1.82) is 0 Å². The van der Waals surface area contributed by atoms with E-state index < -0.39 is 23.6 Å². The molecule has 1 heterocycles. The minimum atomic E-state index is -4.49. The number of amides is 2. The van der Waals surface area contributed by atoms with Gasteiger partial charge in [-0.15, -0.1) is 10.2 Å². The summed E-state index contributed by atoms with van der Waals surface area (Å²) < 4.78 is 39.2. The van der Waals surface area contributed by atoms with Crippen LogP contribution in [0.15, 0.2) is 28.6 Å². The number of para-hydroxylation sites is 1. The van der Waals surface area contributed by atoms with Crippen LogP contribution in [0.5, 0.6) is 0 Å². The fourth-order valence-corrected chi connectivity index (χ4v) is 3.16. The summed E-state index contributed by atoms with van der Waals surface area (Å²) in [6, 6.07) is 5.02. The number of hydrogen-bond acceptors (Lipinski definition) is 7. The molecule has 7 nitrogen and oxygen atoms in total. The Bertz CT molecular complexity index is 766. The molecule has 0 saturated carbocycles. The molecule has 2 amide bonds. The summed E-state index contributed by atoms with van der Waals surface area (Å²) in [5, 5.41) is 10.3. The minimum Gasteiger partial charge on any atom is -0.330 e. The first-order chi connectivity index (χ1) is 11.8. The van der Waals surface area contributed by atoms with E-state index in [9.17, 15) is 22.8 Å². The summed E-state index contributed by atoms with van der Waals surface area (Å²) in [5.41, 5.74) is 3.37. The Morgan fingerprint density at radius 1 is 1.20 bits per heavy atom. The summed E-state index contributed by atoms with van der Waals surface area (Å²) in [5.74, 6) is -0.898. The Kier molecular flexibility index (Phi) is 6.20. The van der Waals surface area contributed by atoms with Crippen LogP contribution in [-0.2, 0) is 15.8 Å². The smallest absolute Gasteiger partial charge is 0.330 e. The maximum absolute atomic E-state index is 12.9. The quantitative estimate of drug-likeness (QED) is 0.536. The van der Waals surface area contributed by atoms with Gasteiger partial charge in [-0.3, -0.25) is 20.4 Å². The van der Waals surface area contributed by atoms with E-state index in [1.165, 1.54) is 25.1 Å². The zero-order valence-electron chi connectivity index (χ0n) is 12.7. The number of anilines is 2. The van der Waals surface area contributed by atoms with E-state index in [-0.39, 0.29) is 16.6 Å². The second-order valence-electron chi connectivity index (χ2n) is 4.56. The highest BCUT2D eigenvalue weighted by Crippen LogP contribution is 2.36. The third kappa shape index (κ3) is 5.90. The highest BCUT2D eigenvalue weighted by Gasteiger charge is 2.33. The molecule has 2 aromatic rings.